The Morgan fingerprint density at radius 2 is 1.95 bits per heavy atom. The zero-order chi connectivity index (χ0) is 15.5. The van der Waals surface area contributed by atoms with Crippen molar-refractivity contribution in [3.8, 4) is 0 Å². The molecule has 0 aliphatic heterocycles. The number of halogens is 1. The molecule has 0 bridgehead atoms. The third-order valence-corrected chi connectivity index (χ3v) is 4.30. The van der Waals surface area contributed by atoms with Crippen molar-refractivity contribution in [3.05, 3.63) is 61.6 Å². The number of nitrogens with one attached hydrogen (secondary N) is 1. The van der Waals surface area contributed by atoms with Gasteiger partial charge in [-0.25, -0.2) is 4.68 Å². The predicted octanol–water partition coefficient (Wildman–Crippen LogP) is 2.04. The van der Waals surface area contributed by atoms with Crippen molar-refractivity contribution in [1.82, 2.24) is 15.1 Å². The predicted molar refractivity (Wildman–Crippen MR) is 91.5 cm³/mol. The molecule has 1 amide bonds. The van der Waals surface area contributed by atoms with E-state index < -0.39 is 0 Å². The van der Waals surface area contributed by atoms with Crippen LogP contribution < -0.4 is 10.9 Å². The Balaban J connectivity index is 1.60. The quantitative estimate of drug-likeness (QED) is 0.769. The van der Waals surface area contributed by atoms with Gasteiger partial charge in [-0.2, -0.15) is 5.10 Å². The van der Waals surface area contributed by atoms with E-state index in [0.29, 0.717) is 12.5 Å². The van der Waals surface area contributed by atoms with E-state index in [1.54, 1.807) is 6.07 Å². The van der Waals surface area contributed by atoms with Gasteiger partial charge in [-0.05, 0) is 59.2 Å². The Labute approximate surface area is 141 Å². The molecule has 1 saturated carbocycles. The van der Waals surface area contributed by atoms with Gasteiger partial charge in [-0.3, -0.25) is 9.59 Å². The van der Waals surface area contributed by atoms with Crippen LogP contribution >= 0.6 is 22.6 Å². The van der Waals surface area contributed by atoms with Crippen molar-refractivity contribution < 1.29 is 4.79 Å². The Bertz CT molecular complexity index is 736. The highest BCUT2D eigenvalue weighted by Gasteiger charge is 2.25. The van der Waals surface area contributed by atoms with Crippen LogP contribution in [0.1, 0.15) is 30.0 Å². The lowest BCUT2D eigenvalue weighted by molar-refractivity contribution is -0.122. The standard InChI is InChI=1S/C16H16IN3O2/c17-13-5-1-11(2-6-13)9-18-15(21)10-20-16(22)8-7-14(19-20)12-3-4-12/h1-2,5-8,12H,3-4,9-10H2,(H,18,21). The second-order valence-electron chi connectivity index (χ2n) is 5.43. The van der Waals surface area contributed by atoms with Gasteiger partial charge in [0.2, 0.25) is 5.91 Å². The van der Waals surface area contributed by atoms with E-state index in [0.717, 1.165) is 27.7 Å². The van der Waals surface area contributed by atoms with Crippen LogP contribution in [0.2, 0.25) is 0 Å². The first-order valence-electron chi connectivity index (χ1n) is 7.21. The fourth-order valence-electron chi connectivity index (χ4n) is 2.17. The van der Waals surface area contributed by atoms with Crippen molar-refractivity contribution in [2.75, 3.05) is 0 Å². The first-order valence-corrected chi connectivity index (χ1v) is 8.29. The van der Waals surface area contributed by atoms with Crippen molar-refractivity contribution in [1.29, 1.82) is 0 Å². The molecule has 1 aromatic heterocycles. The van der Waals surface area contributed by atoms with E-state index in [-0.39, 0.29) is 18.0 Å². The topological polar surface area (TPSA) is 64.0 Å². The Hall–Kier alpha value is -1.70. The summed E-state index contributed by atoms with van der Waals surface area (Å²) in [5.74, 6) is 0.253. The Morgan fingerprint density at radius 1 is 1.23 bits per heavy atom. The number of benzene rings is 1. The van der Waals surface area contributed by atoms with Gasteiger partial charge >= 0.3 is 0 Å². The smallest absolute Gasteiger partial charge is 0.267 e. The van der Waals surface area contributed by atoms with Crippen LogP contribution in [-0.4, -0.2) is 15.7 Å². The SMILES string of the molecule is O=C(Cn1nc(C2CC2)ccc1=O)NCc1ccc(I)cc1. The highest BCUT2D eigenvalue weighted by atomic mass is 127. The molecule has 0 saturated heterocycles. The van der Waals surface area contributed by atoms with Gasteiger partial charge in [-0.1, -0.05) is 12.1 Å². The average Bonchev–Trinajstić information content (AvgIpc) is 3.34. The maximum absolute atomic E-state index is 12.0. The maximum Gasteiger partial charge on any atom is 0.267 e. The van der Waals surface area contributed by atoms with Gasteiger partial charge < -0.3 is 5.32 Å². The summed E-state index contributed by atoms with van der Waals surface area (Å²) in [6.45, 7) is 0.413. The Kier molecular flexibility index (Phi) is 4.56. The highest BCUT2D eigenvalue weighted by Crippen LogP contribution is 2.38. The first kappa shape index (κ1) is 15.2. The van der Waals surface area contributed by atoms with Gasteiger partial charge in [0.1, 0.15) is 6.54 Å². The summed E-state index contributed by atoms with van der Waals surface area (Å²) < 4.78 is 2.40. The summed E-state index contributed by atoms with van der Waals surface area (Å²) in [4.78, 5) is 23.8. The summed E-state index contributed by atoms with van der Waals surface area (Å²) >= 11 is 2.24. The van der Waals surface area contributed by atoms with Crippen molar-refractivity contribution in [2.24, 2.45) is 0 Å². The average molecular weight is 409 g/mol. The summed E-state index contributed by atoms with van der Waals surface area (Å²) in [7, 11) is 0. The number of hydrogen-bond acceptors (Lipinski definition) is 3. The molecule has 2 aromatic rings. The minimum absolute atomic E-state index is 0.0379. The zero-order valence-electron chi connectivity index (χ0n) is 12.0. The molecule has 6 heteroatoms. The third kappa shape index (κ3) is 3.94. The van der Waals surface area contributed by atoms with Crippen molar-refractivity contribution in [2.45, 2.75) is 31.8 Å². The molecule has 1 aliphatic rings. The lowest BCUT2D eigenvalue weighted by atomic mass is 10.2. The number of aromatic nitrogens is 2. The molecule has 1 N–H and O–H groups in total. The van der Waals surface area contributed by atoms with Crippen LogP contribution in [-0.2, 0) is 17.9 Å². The molecule has 0 spiro atoms. The molecular formula is C16H16IN3O2. The van der Waals surface area contributed by atoms with E-state index in [9.17, 15) is 9.59 Å². The number of rotatable bonds is 5. The van der Waals surface area contributed by atoms with Crippen LogP contribution in [0.15, 0.2) is 41.2 Å². The minimum Gasteiger partial charge on any atom is -0.350 e. The maximum atomic E-state index is 12.0. The van der Waals surface area contributed by atoms with E-state index >= 15 is 0 Å². The summed E-state index contributed by atoms with van der Waals surface area (Å²) in [6.07, 6.45) is 2.23. The monoisotopic (exact) mass is 409 g/mol. The Morgan fingerprint density at radius 3 is 2.64 bits per heavy atom. The van der Waals surface area contributed by atoms with Gasteiger partial charge in [0.25, 0.3) is 5.56 Å². The minimum atomic E-state index is -0.242. The van der Waals surface area contributed by atoms with Crippen LogP contribution in [0.5, 0.6) is 0 Å². The normalized spacial score (nSPS) is 13.9. The largest absolute Gasteiger partial charge is 0.350 e. The van der Waals surface area contributed by atoms with E-state index in [1.807, 2.05) is 24.3 Å². The van der Waals surface area contributed by atoms with Gasteiger partial charge in [0.15, 0.2) is 0 Å². The number of carbonyl (C=O) groups excluding carboxylic acids is 1. The highest BCUT2D eigenvalue weighted by molar-refractivity contribution is 14.1. The lowest BCUT2D eigenvalue weighted by Crippen LogP contribution is -2.33. The number of amides is 1. The van der Waals surface area contributed by atoms with Gasteiger partial charge in [0.05, 0.1) is 5.69 Å². The molecule has 1 aliphatic carbocycles. The van der Waals surface area contributed by atoms with Crippen LogP contribution in [0, 0.1) is 3.57 Å². The summed E-state index contributed by atoms with van der Waals surface area (Å²) in [5.41, 5.74) is 1.69. The fourth-order valence-corrected chi connectivity index (χ4v) is 2.53. The first-order chi connectivity index (χ1) is 10.6. The fraction of sp³-hybridized carbons (Fsp3) is 0.312. The molecule has 3 rings (SSSR count). The summed E-state index contributed by atoms with van der Waals surface area (Å²) in [6, 6.07) is 11.2. The molecule has 1 heterocycles. The summed E-state index contributed by atoms with van der Waals surface area (Å²) in [5, 5.41) is 7.10. The zero-order valence-corrected chi connectivity index (χ0v) is 14.1. The van der Waals surface area contributed by atoms with Crippen LogP contribution in [0.4, 0.5) is 0 Å². The third-order valence-electron chi connectivity index (χ3n) is 3.58. The number of nitrogens with zero attached hydrogens (tertiary/aromatic N) is 2. The molecule has 0 unspecified atom stereocenters. The van der Waals surface area contributed by atoms with Gasteiger partial charge in [0, 0.05) is 22.1 Å². The van der Waals surface area contributed by atoms with Crippen molar-refractivity contribution >= 4 is 28.5 Å². The molecule has 114 valence electrons. The van der Waals surface area contributed by atoms with Crippen LogP contribution in [0.3, 0.4) is 0 Å². The van der Waals surface area contributed by atoms with E-state index in [2.05, 4.69) is 33.0 Å². The molecular weight excluding hydrogens is 393 g/mol. The van der Waals surface area contributed by atoms with E-state index in [1.165, 1.54) is 10.7 Å². The molecule has 0 atom stereocenters. The molecule has 5 nitrogen and oxygen atoms in total. The van der Waals surface area contributed by atoms with Crippen molar-refractivity contribution in [3.63, 3.8) is 0 Å². The number of carbonyl (C=O) groups is 1. The molecule has 0 radical (unpaired) electrons. The lowest BCUT2D eigenvalue weighted by Gasteiger charge is -2.08. The van der Waals surface area contributed by atoms with E-state index in [4.69, 9.17) is 0 Å². The molecule has 1 fully saturated rings. The number of hydrogen-bond donors (Lipinski definition) is 1. The second kappa shape index (κ2) is 6.60. The van der Waals surface area contributed by atoms with Gasteiger partial charge in [-0.15, -0.1) is 0 Å². The van der Waals surface area contributed by atoms with Crippen LogP contribution in [0.25, 0.3) is 0 Å². The molecule has 22 heavy (non-hydrogen) atoms. The second-order valence-corrected chi connectivity index (χ2v) is 6.68. The molecule has 1 aromatic carbocycles.